The van der Waals surface area contributed by atoms with Crippen LogP contribution in [0.1, 0.15) is 24.5 Å². The van der Waals surface area contributed by atoms with Gasteiger partial charge in [0.05, 0.1) is 4.90 Å². The van der Waals surface area contributed by atoms with Crippen molar-refractivity contribution in [2.24, 2.45) is 0 Å². The maximum Gasteiger partial charge on any atom is 0.240 e. The highest BCUT2D eigenvalue weighted by atomic mass is 79.9. The van der Waals surface area contributed by atoms with Crippen LogP contribution in [0.15, 0.2) is 23.1 Å². The van der Waals surface area contributed by atoms with E-state index >= 15 is 0 Å². The predicted molar refractivity (Wildman–Crippen MR) is 72.0 cm³/mol. The molecular formula is C12H16BrNO2S. The van der Waals surface area contributed by atoms with Gasteiger partial charge in [-0.3, -0.25) is 0 Å². The van der Waals surface area contributed by atoms with Crippen molar-refractivity contribution in [1.29, 1.82) is 0 Å². The molecule has 3 nitrogen and oxygen atoms in total. The van der Waals surface area contributed by atoms with Crippen molar-refractivity contribution in [3.63, 3.8) is 0 Å². The summed E-state index contributed by atoms with van der Waals surface area (Å²) in [7, 11) is -3.36. The monoisotopic (exact) mass is 317 g/mol. The van der Waals surface area contributed by atoms with Crippen molar-refractivity contribution in [3.05, 3.63) is 29.3 Å². The number of nitrogens with one attached hydrogen (secondary N) is 1. The van der Waals surface area contributed by atoms with E-state index in [9.17, 15) is 8.42 Å². The minimum absolute atomic E-state index is 0.131. The van der Waals surface area contributed by atoms with E-state index in [4.69, 9.17) is 0 Å². The number of rotatable bonds is 4. The fraction of sp³-hybridized carbons (Fsp3) is 0.500. The van der Waals surface area contributed by atoms with Gasteiger partial charge < -0.3 is 0 Å². The number of halogens is 1. The number of hydrogen-bond acceptors (Lipinski definition) is 2. The molecule has 0 spiro atoms. The summed E-state index contributed by atoms with van der Waals surface area (Å²) in [5.74, 6) is 0. The van der Waals surface area contributed by atoms with Crippen LogP contribution in [-0.2, 0) is 22.9 Å². The molecule has 1 aromatic rings. The van der Waals surface area contributed by atoms with Crippen molar-refractivity contribution in [2.75, 3.05) is 6.54 Å². The first-order valence-electron chi connectivity index (χ1n) is 5.74. The Bertz CT molecular complexity index is 511. The molecule has 5 heteroatoms. The third-order valence-corrected chi connectivity index (χ3v) is 4.68. The lowest BCUT2D eigenvalue weighted by Gasteiger charge is -2.09. The van der Waals surface area contributed by atoms with Crippen LogP contribution >= 0.6 is 15.9 Å². The third-order valence-electron chi connectivity index (χ3n) is 2.93. The highest BCUT2D eigenvalue weighted by Crippen LogP contribution is 2.24. The molecule has 0 fully saturated rings. The standard InChI is InChI=1S/C12H16BrNO2S/c1-9(13)8-14-17(15,16)12-6-5-10-3-2-4-11(10)7-12/h5-7,9,14H,2-4,8H2,1H3. The maximum atomic E-state index is 12.0. The molecule has 94 valence electrons. The fourth-order valence-electron chi connectivity index (χ4n) is 2.02. The molecule has 1 unspecified atom stereocenters. The summed E-state index contributed by atoms with van der Waals surface area (Å²) in [5, 5.41) is 0. The van der Waals surface area contributed by atoms with E-state index in [-0.39, 0.29) is 4.83 Å². The Labute approximate surface area is 111 Å². The molecule has 1 atom stereocenters. The number of hydrogen-bond donors (Lipinski definition) is 1. The summed E-state index contributed by atoms with van der Waals surface area (Å²) < 4.78 is 26.6. The van der Waals surface area contributed by atoms with E-state index in [1.807, 2.05) is 19.1 Å². The third kappa shape index (κ3) is 3.09. The average Bonchev–Trinajstić information content (AvgIpc) is 2.73. The Hall–Kier alpha value is -0.390. The van der Waals surface area contributed by atoms with Crippen LogP contribution in [0.4, 0.5) is 0 Å². The van der Waals surface area contributed by atoms with E-state index in [1.165, 1.54) is 11.1 Å². The first-order valence-corrected chi connectivity index (χ1v) is 8.14. The quantitative estimate of drug-likeness (QED) is 0.866. The zero-order chi connectivity index (χ0) is 12.5. The Morgan fingerprint density at radius 3 is 2.76 bits per heavy atom. The highest BCUT2D eigenvalue weighted by Gasteiger charge is 2.18. The van der Waals surface area contributed by atoms with Crippen LogP contribution in [0.25, 0.3) is 0 Å². The van der Waals surface area contributed by atoms with Crippen LogP contribution in [-0.4, -0.2) is 19.8 Å². The van der Waals surface area contributed by atoms with E-state index in [2.05, 4.69) is 20.7 Å². The van der Waals surface area contributed by atoms with Gasteiger partial charge in [-0.2, -0.15) is 0 Å². The van der Waals surface area contributed by atoms with Crippen LogP contribution in [0, 0.1) is 0 Å². The molecule has 1 aliphatic rings. The first-order chi connectivity index (χ1) is 7.99. The molecule has 1 aliphatic carbocycles. The zero-order valence-electron chi connectivity index (χ0n) is 9.74. The number of sulfonamides is 1. The Kier molecular flexibility index (Phi) is 3.90. The highest BCUT2D eigenvalue weighted by molar-refractivity contribution is 9.09. The van der Waals surface area contributed by atoms with Gasteiger partial charge in [-0.05, 0) is 42.5 Å². The van der Waals surface area contributed by atoms with Crippen LogP contribution < -0.4 is 4.72 Å². The Balaban J connectivity index is 2.22. The molecule has 0 saturated heterocycles. The largest absolute Gasteiger partial charge is 0.240 e. The molecule has 2 rings (SSSR count). The molecule has 1 aromatic carbocycles. The second-order valence-electron chi connectivity index (χ2n) is 4.42. The van der Waals surface area contributed by atoms with Crippen molar-refractivity contribution in [2.45, 2.75) is 35.9 Å². The minimum atomic E-state index is -3.36. The van der Waals surface area contributed by atoms with Gasteiger partial charge in [0.1, 0.15) is 0 Å². The molecule has 0 saturated carbocycles. The molecule has 0 amide bonds. The Morgan fingerprint density at radius 2 is 2.06 bits per heavy atom. The van der Waals surface area contributed by atoms with Crippen molar-refractivity contribution in [1.82, 2.24) is 4.72 Å². The number of aryl methyl sites for hydroxylation is 2. The molecule has 17 heavy (non-hydrogen) atoms. The van der Waals surface area contributed by atoms with Gasteiger partial charge in [0.15, 0.2) is 0 Å². The second-order valence-corrected chi connectivity index (χ2v) is 7.75. The maximum absolute atomic E-state index is 12.0. The van der Waals surface area contributed by atoms with Crippen LogP contribution in [0.2, 0.25) is 0 Å². The molecule has 0 aliphatic heterocycles. The summed E-state index contributed by atoms with van der Waals surface area (Å²) in [4.78, 5) is 0.512. The SMILES string of the molecule is CC(Br)CNS(=O)(=O)c1ccc2c(c1)CCC2. The van der Waals surface area contributed by atoms with Crippen molar-refractivity contribution in [3.8, 4) is 0 Å². The first kappa shape index (κ1) is 13.1. The lowest BCUT2D eigenvalue weighted by Crippen LogP contribution is -2.28. The van der Waals surface area contributed by atoms with Crippen molar-refractivity contribution < 1.29 is 8.42 Å². The van der Waals surface area contributed by atoms with Crippen LogP contribution in [0.5, 0.6) is 0 Å². The fourth-order valence-corrected chi connectivity index (χ4v) is 3.58. The lowest BCUT2D eigenvalue weighted by atomic mass is 10.1. The molecule has 1 N–H and O–H groups in total. The van der Waals surface area contributed by atoms with Gasteiger partial charge in [-0.25, -0.2) is 13.1 Å². The summed E-state index contributed by atoms with van der Waals surface area (Å²) in [5.41, 5.74) is 2.47. The van der Waals surface area contributed by atoms with Gasteiger partial charge >= 0.3 is 0 Å². The number of alkyl halides is 1. The number of fused-ring (bicyclic) bond motifs is 1. The zero-order valence-corrected chi connectivity index (χ0v) is 12.1. The number of benzene rings is 1. The average molecular weight is 318 g/mol. The van der Waals surface area contributed by atoms with Gasteiger partial charge in [-0.15, -0.1) is 0 Å². The van der Waals surface area contributed by atoms with Crippen molar-refractivity contribution >= 4 is 26.0 Å². The van der Waals surface area contributed by atoms with E-state index in [1.54, 1.807) is 6.07 Å². The van der Waals surface area contributed by atoms with E-state index < -0.39 is 10.0 Å². The van der Waals surface area contributed by atoms with E-state index in [0.717, 1.165) is 19.3 Å². The van der Waals surface area contributed by atoms with Gasteiger partial charge in [-0.1, -0.05) is 28.9 Å². The smallest absolute Gasteiger partial charge is 0.210 e. The summed E-state index contributed by atoms with van der Waals surface area (Å²) in [6.45, 7) is 2.31. The molecular weight excluding hydrogens is 302 g/mol. The lowest BCUT2D eigenvalue weighted by molar-refractivity contribution is 0.581. The molecule has 0 bridgehead atoms. The molecule has 0 aromatic heterocycles. The second kappa shape index (κ2) is 5.08. The summed E-state index contributed by atoms with van der Waals surface area (Å²) in [6.07, 6.45) is 3.19. The Morgan fingerprint density at radius 1 is 1.35 bits per heavy atom. The summed E-state index contributed by atoms with van der Waals surface area (Å²) in [6, 6.07) is 5.45. The van der Waals surface area contributed by atoms with Gasteiger partial charge in [0.2, 0.25) is 10.0 Å². The normalized spacial score (nSPS) is 16.8. The topological polar surface area (TPSA) is 46.2 Å². The molecule has 0 radical (unpaired) electrons. The predicted octanol–water partition coefficient (Wildman–Crippen LogP) is 2.24. The van der Waals surface area contributed by atoms with Gasteiger partial charge in [0.25, 0.3) is 0 Å². The van der Waals surface area contributed by atoms with Crippen LogP contribution in [0.3, 0.4) is 0 Å². The van der Waals surface area contributed by atoms with Gasteiger partial charge in [0, 0.05) is 11.4 Å². The minimum Gasteiger partial charge on any atom is -0.210 e. The summed E-state index contributed by atoms with van der Waals surface area (Å²) >= 11 is 3.32. The van der Waals surface area contributed by atoms with E-state index in [0.29, 0.717) is 11.4 Å². The molecule has 0 heterocycles.